The molecular formula is C13H19Cl2N5O. The highest BCUT2D eigenvalue weighted by Gasteiger charge is 2.46. The Morgan fingerprint density at radius 2 is 2.10 bits per heavy atom. The zero-order valence-corrected chi connectivity index (χ0v) is 13.3. The Labute approximate surface area is 135 Å². The lowest BCUT2D eigenvalue weighted by Gasteiger charge is -2.28. The number of nitrogen functional groups attached to an aromatic ring is 1. The fourth-order valence-corrected chi connectivity index (χ4v) is 3.56. The second-order valence-electron chi connectivity index (χ2n) is 5.67. The Morgan fingerprint density at radius 1 is 1.33 bits per heavy atom. The van der Waals surface area contributed by atoms with Crippen LogP contribution >= 0.6 is 24.8 Å². The van der Waals surface area contributed by atoms with Gasteiger partial charge in [0, 0.05) is 24.3 Å². The van der Waals surface area contributed by atoms with Crippen LogP contribution in [-0.4, -0.2) is 28.8 Å². The summed E-state index contributed by atoms with van der Waals surface area (Å²) < 4.78 is 5.37. The summed E-state index contributed by atoms with van der Waals surface area (Å²) >= 11 is 0. The van der Waals surface area contributed by atoms with Gasteiger partial charge in [0.15, 0.2) is 11.6 Å². The van der Waals surface area contributed by atoms with Crippen molar-refractivity contribution in [1.29, 1.82) is 0 Å². The SMILES string of the molecule is Cc1cc2c(N)noc2c(N2C[C@@H]3CC[C@H]2[C@@H]3N)n1.Cl.Cl. The molecule has 8 heteroatoms. The van der Waals surface area contributed by atoms with Crippen molar-refractivity contribution in [3.05, 3.63) is 11.8 Å². The highest BCUT2D eigenvalue weighted by molar-refractivity contribution is 5.94. The Kier molecular flexibility index (Phi) is 4.24. The van der Waals surface area contributed by atoms with Gasteiger partial charge in [0.1, 0.15) is 0 Å². The molecule has 2 bridgehead atoms. The Bertz CT molecular complexity index is 661. The van der Waals surface area contributed by atoms with E-state index in [-0.39, 0.29) is 30.9 Å². The number of hydrogen-bond acceptors (Lipinski definition) is 6. The summed E-state index contributed by atoms with van der Waals surface area (Å²) in [5.41, 5.74) is 13.7. The van der Waals surface area contributed by atoms with Gasteiger partial charge in [-0.2, -0.15) is 0 Å². The number of rotatable bonds is 1. The van der Waals surface area contributed by atoms with Crippen LogP contribution in [0.15, 0.2) is 10.6 Å². The topological polar surface area (TPSA) is 94.2 Å². The normalized spacial score (nSPS) is 26.8. The maximum absolute atomic E-state index is 6.26. The molecule has 3 atom stereocenters. The number of hydrogen-bond donors (Lipinski definition) is 2. The van der Waals surface area contributed by atoms with Crippen molar-refractivity contribution >= 4 is 47.4 Å². The number of nitrogens with zero attached hydrogens (tertiary/aromatic N) is 3. The molecule has 0 aromatic carbocycles. The van der Waals surface area contributed by atoms with Crippen molar-refractivity contribution in [2.75, 3.05) is 17.2 Å². The molecule has 6 nitrogen and oxygen atoms in total. The first kappa shape index (κ1) is 16.1. The number of anilines is 2. The Balaban J connectivity index is 0.000000807. The van der Waals surface area contributed by atoms with Crippen LogP contribution in [0.1, 0.15) is 18.5 Å². The van der Waals surface area contributed by atoms with E-state index in [4.69, 9.17) is 16.0 Å². The highest BCUT2D eigenvalue weighted by atomic mass is 35.5. The molecule has 4 N–H and O–H groups in total. The fourth-order valence-electron chi connectivity index (χ4n) is 3.56. The van der Waals surface area contributed by atoms with E-state index < -0.39 is 0 Å². The quantitative estimate of drug-likeness (QED) is 0.828. The number of nitrogens with two attached hydrogens (primary N) is 2. The number of piperidine rings is 1. The van der Waals surface area contributed by atoms with Crippen LogP contribution in [0.2, 0.25) is 0 Å². The molecule has 1 saturated heterocycles. The van der Waals surface area contributed by atoms with Gasteiger partial charge in [-0.25, -0.2) is 4.98 Å². The van der Waals surface area contributed by atoms with E-state index in [9.17, 15) is 0 Å². The van der Waals surface area contributed by atoms with Crippen LogP contribution in [0.25, 0.3) is 11.0 Å². The van der Waals surface area contributed by atoms with Gasteiger partial charge >= 0.3 is 0 Å². The van der Waals surface area contributed by atoms with Crippen molar-refractivity contribution in [2.45, 2.75) is 31.8 Å². The van der Waals surface area contributed by atoms with E-state index in [1.807, 2.05) is 13.0 Å². The van der Waals surface area contributed by atoms with E-state index in [1.165, 1.54) is 6.42 Å². The summed E-state index contributed by atoms with van der Waals surface area (Å²) in [4.78, 5) is 6.91. The number of pyridine rings is 1. The molecule has 2 aromatic heterocycles. The summed E-state index contributed by atoms with van der Waals surface area (Å²) in [6.07, 6.45) is 2.35. The van der Waals surface area contributed by atoms with Gasteiger partial charge in [-0.1, -0.05) is 5.16 Å². The van der Waals surface area contributed by atoms with Gasteiger partial charge in [0.2, 0.25) is 5.58 Å². The smallest absolute Gasteiger partial charge is 0.211 e. The summed E-state index contributed by atoms with van der Waals surface area (Å²) in [6, 6.07) is 2.53. The minimum absolute atomic E-state index is 0. The standard InChI is InChI=1S/C13H17N5O.2ClH/c1-6-4-8-11(19-17-12(8)15)13(16-6)18-5-7-2-3-9(18)10(7)14;;/h4,7,9-10H,2-3,5,14H2,1H3,(H2,15,17);2*1H/t7-,9-,10+;;/m0../s1. The van der Waals surface area contributed by atoms with Gasteiger partial charge in [-0.3, -0.25) is 0 Å². The van der Waals surface area contributed by atoms with Crippen molar-refractivity contribution in [3.8, 4) is 0 Å². The monoisotopic (exact) mass is 331 g/mol. The van der Waals surface area contributed by atoms with Crippen LogP contribution in [0.4, 0.5) is 11.6 Å². The molecule has 0 radical (unpaired) electrons. The predicted octanol–water partition coefficient (Wildman–Crippen LogP) is 1.88. The second-order valence-corrected chi connectivity index (χ2v) is 5.67. The maximum atomic E-state index is 6.26. The van der Waals surface area contributed by atoms with Crippen molar-refractivity contribution in [2.24, 2.45) is 11.7 Å². The van der Waals surface area contributed by atoms with Crippen molar-refractivity contribution in [3.63, 3.8) is 0 Å². The number of fused-ring (bicyclic) bond motifs is 3. The molecule has 4 rings (SSSR count). The molecule has 2 aromatic rings. The van der Waals surface area contributed by atoms with Gasteiger partial charge < -0.3 is 20.9 Å². The molecular weight excluding hydrogens is 313 g/mol. The average Bonchev–Trinajstić information content (AvgIpc) is 3.03. The highest BCUT2D eigenvalue weighted by Crippen LogP contribution is 2.41. The summed E-state index contributed by atoms with van der Waals surface area (Å²) in [5, 5.41) is 4.70. The largest absolute Gasteiger partial charge is 0.380 e. The average molecular weight is 332 g/mol. The zero-order valence-electron chi connectivity index (χ0n) is 11.7. The van der Waals surface area contributed by atoms with Crippen LogP contribution in [-0.2, 0) is 0 Å². The summed E-state index contributed by atoms with van der Waals surface area (Å²) in [7, 11) is 0. The Hall–Kier alpha value is -1.24. The number of halogens is 2. The van der Waals surface area contributed by atoms with Crippen LogP contribution in [0.3, 0.4) is 0 Å². The van der Waals surface area contributed by atoms with Crippen LogP contribution < -0.4 is 16.4 Å². The van der Waals surface area contributed by atoms with E-state index in [1.54, 1.807) is 0 Å². The molecule has 1 aliphatic carbocycles. The first-order valence-corrected chi connectivity index (χ1v) is 6.70. The lowest BCUT2D eigenvalue weighted by atomic mass is 10.1. The number of aryl methyl sites for hydroxylation is 1. The molecule has 2 aliphatic rings. The molecule has 0 amide bonds. The fraction of sp³-hybridized carbons (Fsp3) is 0.538. The lowest BCUT2D eigenvalue weighted by molar-refractivity contribution is 0.457. The van der Waals surface area contributed by atoms with Crippen molar-refractivity contribution < 1.29 is 4.52 Å². The maximum Gasteiger partial charge on any atom is 0.211 e. The molecule has 21 heavy (non-hydrogen) atoms. The molecule has 3 heterocycles. The predicted molar refractivity (Wildman–Crippen MR) is 87.3 cm³/mol. The first-order valence-electron chi connectivity index (χ1n) is 6.70. The van der Waals surface area contributed by atoms with E-state index in [2.05, 4.69) is 15.0 Å². The van der Waals surface area contributed by atoms with Gasteiger partial charge in [0.05, 0.1) is 5.39 Å². The van der Waals surface area contributed by atoms with Crippen LogP contribution in [0, 0.1) is 12.8 Å². The first-order chi connectivity index (χ1) is 9.15. The molecule has 0 unspecified atom stereocenters. The summed E-state index contributed by atoms with van der Waals surface area (Å²) in [6.45, 7) is 2.92. The third-order valence-corrected chi connectivity index (χ3v) is 4.52. The van der Waals surface area contributed by atoms with E-state index in [0.29, 0.717) is 23.4 Å². The third-order valence-electron chi connectivity index (χ3n) is 4.52. The van der Waals surface area contributed by atoms with Crippen LogP contribution in [0.5, 0.6) is 0 Å². The third kappa shape index (κ3) is 2.22. The minimum atomic E-state index is 0. The number of aromatic nitrogens is 2. The van der Waals surface area contributed by atoms with Gasteiger partial charge in [0.25, 0.3) is 0 Å². The molecule has 116 valence electrons. The second kappa shape index (κ2) is 5.51. The van der Waals surface area contributed by atoms with E-state index in [0.717, 1.165) is 29.9 Å². The van der Waals surface area contributed by atoms with Gasteiger partial charge in [-0.05, 0) is 31.7 Å². The molecule has 2 fully saturated rings. The minimum Gasteiger partial charge on any atom is -0.380 e. The lowest BCUT2D eigenvalue weighted by Crippen LogP contribution is -2.38. The van der Waals surface area contributed by atoms with Crippen molar-refractivity contribution in [1.82, 2.24) is 10.1 Å². The molecule has 0 spiro atoms. The van der Waals surface area contributed by atoms with Gasteiger partial charge in [-0.15, -0.1) is 24.8 Å². The summed E-state index contributed by atoms with van der Waals surface area (Å²) in [5.74, 6) is 1.85. The molecule has 1 aliphatic heterocycles. The molecule has 1 saturated carbocycles. The zero-order chi connectivity index (χ0) is 13.1. The Morgan fingerprint density at radius 3 is 2.71 bits per heavy atom. The van der Waals surface area contributed by atoms with E-state index >= 15 is 0 Å².